The molecule has 0 atom stereocenters. The highest BCUT2D eigenvalue weighted by molar-refractivity contribution is 5.40. The van der Waals surface area contributed by atoms with Crippen LogP contribution < -0.4 is 10.9 Å². The fraction of sp³-hybridized carbons (Fsp3) is 0.111. The second-order valence-electron chi connectivity index (χ2n) is 5.22. The lowest BCUT2D eigenvalue weighted by Crippen LogP contribution is -2.23. The maximum absolute atomic E-state index is 13.7. The van der Waals surface area contributed by atoms with Crippen molar-refractivity contribution in [2.24, 2.45) is 0 Å². The average molecular weight is 309 g/mol. The van der Waals surface area contributed by atoms with Gasteiger partial charge in [0.25, 0.3) is 5.56 Å². The van der Waals surface area contributed by atoms with Crippen LogP contribution in [0, 0.1) is 12.7 Å². The standard InChI is InChI=1S/C18H16FN3O/c1-13-7-8-15(11-16(13)19)22-10-9-20-17(18(22)23)21-12-14-5-3-2-4-6-14/h2-11H,12H2,1H3,(H,20,21). The van der Waals surface area contributed by atoms with Gasteiger partial charge in [-0.25, -0.2) is 9.37 Å². The quantitative estimate of drug-likeness (QED) is 0.804. The Balaban J connectivity index is 1.89. The van der Waals surface area contributed by atoms with Gasteiger partial charge >= 0.3 is 0 Å². The molecule has 1 N–H and O–H groups in total. The van der Waals surface area contributed by atoms with E-state index in [-0.39, 0.29) is 17.2 Å². The lowest BCUT2D eigenvalue weighted by atomic mass is 10.2. The van der Waals surface area contributed by atoms with Gasteiger partial charge in [0.05, 0.1) is 5.69 Å². The molecule has 116 valence electrons. The van der Waals surface area contributed by atoms with Crippen LogP contribution in [0.15, 0.2) is 65.7 Å². The third-order valence-electron chi connectivity index (χ3n) is 3.58. The monoisotopic (exact) mass is 309 g/mol. The number of anilines is 1. The van der Waals surface area contributed by atoms with Crippen LogP contribution in [0.4, 0.5) is 10.2 Å². The first-order valence-electron chi connectivity index (χ1n) is 7.27. The number of aromatic nitrogens is 2. The number of nitrogens with zero attached hydrogens (tertiary/aromatic N) is 2. The fourth-order valence-corrected chi connectivity index (χ4v) is 2.25. The summed E-state index contributed by atoms with van der Waals surface area (Å²) in [6.45, 7) is 2.18. The zero-order valence-corrected chi connectivity index (χ0v) is 12.7. The number of aryl methyl sites for hydroxylation is 1. The van der Waals surface area contributed by atoms with Crippen LogP contribution in [0.1, 0.15) is 11.1 Å². The summed E-state index contributed by atoms with van der Waals surface area (Å²) in [5.74, 6) is -0.109. The van der Waals surface area contributed by atoms with E-state index >= 15 is 0 Å². The third-order valence-corrected chi connectivity index (χ3v) is 3.58. The number of hydrogen-bond donors (Lipinski definition) is 1. The van der Waals surface area contributed by atoms with Crippen LogP contribution in [0.2, 0.25) is 0 Å². The van der Waals surface area contributed by atoms with E-state index in [4.69, 9.17) is 0 Å². The van der Waals surface area contributed by atoms with Crippen molar-refractivity contribution in [3.63, 3.8) is 0 Å². The minimum Gasteiger partial charge on any atom is -0.361 e. The molecule has 1 heterocycles. The molecule has 0 spiro atoms. The normalized spacial score (nSPS) is 10.5. The first-order chi connectivity index (χ1) is 11.1. The Labute approximate surface area is 133 Å². The molecule has 0 saturated heterocycles. The molecule has 0 unspecified atom stereocenters. The Kier molecular flexibility index (Phi) is 4.19. The molecule has 0 aliphatic carbocycles. The van der Waals surface area contributed by atoms with Crippen molar-refractivity contribution in [1.29, 1.82) is 0 Å². The van der Waals surface area contributed by atoms with Gasteiger partial charge in [-0.3, -0.25) is 9.36 Å². The Morgan fingerprint density at radius 3 is 2.70 bits per heavy atom. The Morgan fingerprint density at radius 2 is 1.96 bits per heavy atom. The van der Waals surface area contributed by atoms with Crippen molar-refractivity contribution in [2.75, 3.05) is 5.32 Å². The topological polar surface area (TPSA) is 46.9 Å². The van der Waals surface area contributed by atoms with E-state index in [0.717, 1.165) is 5.56 Å². The summed E-state index contributed by atoms with van der Waals surface area (Å²) < 4.78 is 15.1. The maximum atomic E-state index is 13.7. The van der Waals surface area contributed by atoms with Gasteiger partial charge in [0.15, 0.2) is 5.82 Å². The van der Waals surface area contributed by atoms with Gasteiger partial charge in [-0.05, 0) is 30.2 Å². The van der Waals surface area contributed by atoms with Gasteiger partial charge in [0.1, 0.15) is 5.82 Å². The predicted molar refractivity (Wildman–Crippen MR) is 88.3 cm³/mol. The average Bonchev–Trinajstić information content (AvgIpc) is 2.57. The van der Waals surface area contributed by atoms with Crippen molar-refractivity contribution in [1.82, 2.24) is 9.55 Å². The Bertz CT molecular complexity index is 875. The van der Waals surface area contributed by atoms with E-state index in [0.29, 0.717) is 17.8 Å². The molecule has 1 aromatic heterocycles. The van der Waals surface area contributed by atoms with Crippen molar-refractivity contribution >= 4 is 5.82 Å². The molecule has 3 rings (SSSR count). The molecule has 23 heavy (non-hydrogen) atoms. The summed E-state index contributed by atoms with van der Waals surface area (Å²) in [5.41, 5.74) is 1.75. The van der Waals surface area contributed by atoms with Crippen molar-refractivity contribution in [3.8, 4) is 5.69 Å². The summed E-state index contributed by atoms with van der Waals surface area (Å²) in [4.78, 5) is 16.6. The van der Waals surface area contributed by atoms with E-state index in [1.165, 1.54) is 23.0 Å². The second kappa shape index (κ2) is 6.44. The molecule has 2 aromatic carbocycles. The molecule has 0 saturated carbocycles. The zero-order valence-electron chi connectivity index (χ0n) is 12.7. The highest BCUT2D eigenvalue weighted by Gasteiger charge is 2.08. The van der Waals surface area contributed by atoms with Gasteiger partial charge in [-0.2, -0.15) is 0 Å². The molecule has 0 radical (unpaired) electrons. The van der Waals surface area contributed by atoms with Crippen molar-refractivity contribution in [3.05, 3.63) is 88.2 Å². The lowest BCUT2D eigenvalue weighted by molar-refractivity contribution is 0.617. The molecular weight excluding hydrogens is 293 g/mol. The number of rotatable bonds is 4. The minimum absolute atomic E-state index is 0.234. The largest absolute Gasteiger partial charge is 0.361 e. The summed E-state index contributed by atoms with van der Waals surface area (Å²) in [6, 6.07) is 14.4. The number of benzene rings is 2. The van der Waals surface area contributed by atoms with Crippen LogP contribution >= 0.6 is 0 Å². The van der Waals surface area contributed by atoms with Gasteiger partial charge in [-0.1, -0.05) is 36.4 Å². The fourth-order valence-electron chi connectivity index (χ4n) is 2.25. The van der Waals surface area contributed by atoms with Crippen LogP contribution in [0.25, 0.3) is 5.69 Å². The summed E-state index contributed by atoms with van der Waals surface area (Å²) in [7, 11) is 0. The lowest BCUT2D eigenvalue weighted by Gasteiger charge is -2.10. The van der Waals surface area contributed by atoms with Crippen LogP contribution in [0.3, 0.4) is 0 Å². The summed E-state index contributed by atoms with van der Waals surface area (Å²) in [5, 5.41) is 3.03. The Hall–Kier alpha value is -2.95. The van der Waals surface area contributed by atoms with Crippen LogP contribution in [-0.2, 0) is 6.54 Å². The van der Waals surface area contributed by atoms with Gasteiger partial charge in [0.2, 0.25) is 0 Å². The zero-order chi connectivity index (χ0) is 16.2. The maximum Gasteiger partial charge on any atom is 0.297 e. The van der Waals surface area contributed by atoms with Crippen LogP contribution in [-0.4, -0.2) is 9.55 Å². The minimum atomic E-state index is -0.343. The first kappa shape index (κ1) is 15.0. The van der Waals surface area contributed by atoms with Gasteiger partial charge < -0.3 is 5.32 Å². The van der Waals surface area contributed by atoms with E-state index in [2.05, 4.69) is 10.3 Å². The third kappa shape index (κ3) is 3.29. The molecule has 0 bridgehead atoms. The smallest absolute Gasteiger partial charge is 0.297 e. The van der Waals surface area contributed by atoms with Gasteiger partial charge in [-0.15, -0.1) is 0 Å². The highest BCUT2D eigenvalue weighted by Crippen LogP contribution is 2.12. The second-order valence-corrected chi connectivity index (χ2v) is 5.22. The molecule has 0 fully saturated rings. The SMILES string of the molecule is Cc1ccc(-n2ccnc(NCc3ccccc3)c2=O)cc1F. The van der Waals surface area contributed by atoms with E-state index in [1.807, 2.05) is 30.3 Å². The highest BCUT2D eigenvalue weighted by atomic mass is 19.1. The van der Waals surface area contributed by atoms with Crippen LogP contribution in [0.5, 0.6) is 0 Å². The molecule has 4 nitrogen and oxygen atoms in total. The van der Waals surface area contributed by atoms with E-state index < -0.39 is 0 Å². The molecule has 3 aromatic rings. The number of hydrogen-bond acceptors (Lipinski definition) is 3. The Morgan fingerprint density at radius 1 is 1.17 bits per heavy atom. The molecular formula is C18H16FN3O. The first-order valence-corrected chi connectivity index (χ1v) is 7.27. The number of halogens is 1. The summed E-state index contributed by atoms with van der Waals surface area (Å²) in [6.07, 6.45) is 3.05. The number of nitrogens with one attached hydrogen (secondary N) is 1. The van der Waals surface area contributed by atoms with E-state index in [9.17, 15) is 9.18 Å². The molecule has 0 aliphatic heterocycles. The molecule has 5 heteroatoms. The van der Waals surface area contributed by atoms with Gasteiger partial charge in [0, 0.05) is 18.9 Å². The van der Waals surface area contributed by atoms with E-state index in [1.54, 1.807) is 19.1 Å². The predicted octanol–water partition coefficient (Wildman–Crippen LogP) is 3.29. The molecule has 0 aliphatic rings. The summed E-state index contributed by atoms with van der Waals surface area (Å²) >= 11 is 0. The molecule has 0 amide bonds. The van der Waals surface area contributed by atoms with Crippen molar-refractivity contribution < 1.29 is 4.39 Å². The van der Waals surface area contributed by atoms with Crippen molar-refractivity contribution in [2.45, 2.75) is 13.5 Å².